The van der Waals surface area contributed by atoms with Gasteiger partial charge in [-0.2, -0.15) is 0 Å². The summed E-state index contributed by atoms with van der Waals surface area (Å²) in [6, 6.07) is 14.3. The van der Waals surface area contributed by atoms with Crippen LogP contribution in [0.15, 0.2) is 59.2 Å². The van der Waals surface area contributed by atoms with Crippen LogP contribution in [0.2, 0.25) is 0 Å². The van der Waals surface area contributed by atoms with Crippen LogP contribution in [-0.4, -0.2) is 0 Å². The van der Waals surface area contributed by atoms with Crippen LogP contribution in [-0.2, 0) is 6.42 Å². The molecule has 0 saturated heterocycles. The van der Waals surface area contributed by atoms with E-state index in [0.717, 1.165) is 22.1 Å². The molecule has 1 unspecified atom stereocenters. The molecule has 2 aromatic carbocycles. The van der Waals surface area contributed by atoms with Gasteiger partial charge in [-0.25, -0.2) is 4.39 Å². The van der Waals surface area contributed by atoms with Crippen LogP contribution >= 0.6 is 11.6 Å². The Morgan fingerprint density at radius 1 is 1.11 bits per heavy atom. The van der Waals surface area contributed by atoms with Crippen LogP contribution in [0.4, 0.5) is 4.39 Å². The standard InChI is InChI=1S/C16H12ClFO/c17-15(9-11-4-3-5-12(18)8-11)14-10-19-16-7-2-1-6-13(14)16/h1-8,10,15H,9H2. The number of furan rings is 1. The van der Waals surface area contributed by atoms with E-state index in [0.29, 0.717) is 6.42 Å². The summed E-state index contributed by atoms with van der Waals surface area (Å²) in [4.78, 5) is 0. The molecular weight excluding hydrogens is 263 g/mol. The Morgan fingerprint density at radius 3 is 2.79 bits per heavy atom. The first-order valence-electron chi connectivity index (χ1n) is 6.08. The molecule has 1 heterocycles. The van der Waals surface area contributed by atoms with E-state index in [1.807, 2.05) is 30.3 Å². The highest BCUT2D eigenvalue weighted by Crippen LogP contribution is 2.32. The van der Waals surface area contributed by atoms with Gasteiger partial charge in [-0.3, -0.25) is 0 Å². The third kappa shape index (κ3) is 2.49. The van der Waals surface area contributed by atoms with E-state index < -0.39 is 0 Å². The average molecular weight is 275 g/mol. The van der Waals surface area contributed by atoms with Gasteiger partial charge < -0.3 is 4.42 Å². The van der Waals surface area contributed by atoms with Gasteiger partial charge in [0.05, 0.1) is 11.6 Å². The maximum atomic E-state index is 13.2. The molecule has 3 heteroatoms. The number of rotatable bonds is 3. The summed E-state index contributed by atoms with van der Waals surface area (Å²) < 4.78 is 18.6. The summed E-state index contributed by atoms with van der Waals surface area (Å²) in [5.74, 6) is -0.238. The monoisotopic (exact) mass is 274 g/mol. The first-order chi connectivity index (χ1) is 9.24. The topological polar surface area (TPSA) is 13.1 Å². The van der Waals surface area contributed by atoms with Crippen LogP contribution in [0.1, 0.15) is 16.5 Å². The van der Waals surface area contributed by atoms with E-state index in [1.165, 1.54) is 12.1 Å². The van der Waals surface area contributed by atoms with Crippen LogP contribution in [0.3, 0.4) is 0 Å². The van der Waals surface area contributed by atoms with Crippen molar-refractivity contribution in [3.63, 3.8) is 0 Å². The lowest BCUT2D eigenvalue weighted by Gasteiger charge is -2.08. The molecule has 0 saturated carbocycles. The molecule has 0 N–H and O–H groups in total. The maximum absolute atomic E-state index is 13.2. The van der Waals surface area contributed by atoms with E-state index in [-0.39, 0.29) is 11.2 Å². The van der Waals surface area contributed by atoms with Gasteiger partial charge in [0.2, 0.25) is 0 Å². The molecule has 0 aliphatic rings. The Labute approximate surface area is 115 Å². The number of benzene rings is 2. The third-order valence-electron chi connectivity index (χ3n) is 3.15. The fourth-order valence-corrected chi connectivity index (χ4v) is 2.57. The second kappa shape index (κ2) is 5.06. The molecule has 3 rings (SSSR count). The van der Waals surface area contributed by atoms with Crippen LogP contribution in [0, 0.1) is 5.82 Å². The third-order valence-corrected chi connectivity index (χ3v) is 3.54. The Bertz CT molecular complexity index is 705. The summed E-state index contributed by atoms with van der Waals surface area (Å²) in [5, 5.41) is 0.782. The molecule has 1 atom stereocenters. The SMILES string of the molecule is Fc1cccc(CC(Cl)c2coc3ccccc23)c1. The average Bonchev–Trinajstić information content (AvgIpc) is 2.82. The minimum atomic E-state index is -0.238. The zero-order valence-electron chi connectivity index (χ0n) is 10.1. The smallest absolute Gasteiger partial charge is 0.134 e. The van der Waals surface area contributed by atoms with Crippen molar-refractivity contribution >= 4 is 22.6 Å². The molecule has 1 aromatic heterocycles. The highest BCUT2D eigenvalue weighted by molar-refractivity contribution is 6.21. The number of fused-ring (bicyclic) bond motifs is 1. The van der Waals surface area contributed by atoms with Gasteiger partial charge in [0.25, 0.3) is 0 Å². The number of hydrogen-bond donors (Lipinski definition) is 0. The van der Waals surface area contributed by atoms with Crippen molar-refractivity contribution in [1.82, 2.24) is 0 Å². The maximum Gasteiger partial charge on any atom is 0.134 e. The fraction of sp³-hybridized carbons (Fsp3) is 0.125. The van der Waals surface area contributed by atoms with Crippen molar-refractivity contribution in [2.24, 2.45) is 0 Å². The number of alkyl halides is 1. The molecule has 1 nitrogen and oxygen atoms in total. The second-order valence-corrected chi connectivity index (χ2v) is 5.02. The Hall–Kier alpha value is -1.80. The predicted molar refractivity (Wildman–Crippen MR) is 74.9 cm³/mol. The van der Waals surface area contributed by atoms with Crippen LogP contribution in [0.5, 0.6) is 0 Å². The van der Waals surface area contributed by atoms with E-state index in [2.05, 4.69) is 0 Å². The quantitative estimate of drug-likeness (QED) is 0.606. The van der Waals surface area contributed by atoms with Crippen LogP contribution in [0.25, 0.3) is 11.0 Å². The Balaban J connectivity index is 1.90. The molecule has 0 spiro atoms. The van der Waals surface area contributed by atoms with Gasteiger partial charge in [-0.1, -0.05) is 30.3 Å². The minimum absolute atomic E-state index is 0.231. The zero-order valence-corrected chi connectivity index (χ0v) is 10.9. The van der Waals surface area contributed by atoms with Crippen molar-refractivity contribution in [3.8, 4) is 0 Å². The summed E-state index contributed by atoms with van der Waals surface area (Å²) >= 11 is 6.43. The van der Waals surface area contributed by atoms with Crippen LogP contribution < -0.4 is 0 Å². The minimum Gasteiger partial charge on any atom is -0.464 e. The fourth-order valence-electron chi connectivity index (χ4n) is 2.22. The molecule has 0 radical (unpaired) electrons. The predicted octanol–water partition coefficient (Wildman–Crippen LogP) is 5.09. The molecule has 96 valence electrons. The lowest BCUT2D eigenvalue weighted by Crippen LogP contribution is -1.95. The van der Waals surface area contributed by atoms with Gasteiger partial charge in [0, 0.05) is 10.9 Å². The van der Waals surface area contributed by atoms with E-state index in [9.17, 15) is 4.39 Å². The van der Waals surface area contributed by atoms with E-state index >= 15 is 0 Å². The second-order valence-electron chi connectivity index (χ2n) is 4.49. The summed E-state index contributed by atoms with van der Waals surface area (Å²) in [7, 11) is 0. The number of para-hydroxylation sites is 1. The molecule has 0 aliphatic heterocycles. The molecule has 0 fully saturated rings. The zero-order chi connectivity index (χ0) is 13.2. The summed E-state index contributed by atoms with van der Waals surface area (Å²) in [6.45, 7) is 0. The molecular formula is C16H12ClFO. The van der Waals surface area contributed by atoms with Crippen molar-refractivity contribution in [3.05, 3.63) is 71.7 Å². The first-order valence-corrected chi connectivity index (χ1v) is 6.52. The first kappa shape index (κ1) is 12.2. The normalized spacial score (nSPS) is 12.7. The Kier molecular flexibility index (Phi) is 3.26. The molecule has 3 aromatic rings. The van der Waals surface area contributed by atoms with Crippen molar-refractivity contribution < 1.29 is 8.81 Å². The Morgan fingerprint density at radius 2 is 1.95 bits per heavy atom. The highest BCUT2D eigenvalue weighted by atomic mass is 35.5. The highest BCUT2D eigenvalue weighted by Gasteiger charge is 2.15. The molecule has 0 aliphatic carbocycles. The summed E-state index contributed by atoms with van der Waals surface area (Å²) in [5.41, 5.74) is 2.65. The molecule has 0 bridgehead atoms. The van der Waals surface area contributed by atoms with Gasteiger partial charge in [0.1, 0.15) is 11.4 Å². The van der Waals surface area contributed by atoms with Gasteiger partial charge in [-0.05, 0) is 30.2 Å². The lowest BCUT2D eigenvalue weighted by atomic mass is 10.0. The molecule has 19 heavy (non-hydrogen) atoms. The van der Waals surface area contributed by atoms with Gasteiger partial charge in [-0.15, -0.1) is 11.6 Å². The van der Waals surface area contributed by atoms with Gasteiger partial charge in [0.15, 0.2) is 0 Å². The summed E-state index contributed by atoms with van der Waals surface area (Å²) in [6.07, 6.45) is 2.25. The van der Waals surface area contributed by atoms with Gasteiger partial charge >= 0.3 is 0 Å². The van der Waals surface area contributed by atoms with Crippen molar-refractivity contribution in [1.29, 1.82) is 0 Å². The van der Waals surface area contributed by atoms with E-state index in [4.69, 9.17) is 16.0 Å². The molecule has 0 amide bonds. The number of halogens is 2. The largest absolute Gasteiger partial charge is 0.464 e. The van der Waals surface area contributed by atoms with E-state index in [1.54, 1.807) is 12.3 Å². The number of hydrogen-bond acceptors (Lipinski definition) is 1. The van der Waals surface area contributed by atoms with Crippen molar-refractivity contribution in [2.45, 2.75) is 11.8 Å². The van der Waals surface area contributed by atoms with Crippen molar-refractivity contribution in [2.75, 3.05) is 0 Å². The lowest BCUT2D eigenvalue weighted by molar-refractivity contribution is 0.608.